The normalized spacial score (nSPS) is 26.2. The topological polar surface area (TPSA) is 89.9 Å². The van der Waals surface area contributed by atoms with Crippen LogP contribution in [0.2, 0.25) is 0 Å². The smallest absolute Gasteiger partial charge is 0.243 e. The summed E-state index contributed by atoms with van der Waals surface area (Å²) in [5.74, 6) is 0.724. The van der Waals surface area contributed by atoms with Gasteiger partial charge in [0.05, 0.1) is 0 Å². The first kappa shape index (κ1) is 51.3. The molecule has 54 heavy (non-hydrogen) atoms. The van der Waals surface area contributed by atoms with Gasteiger partial charge in [-0.25, -0.2) is 0 Å². The van der Waals surface area contributed by atoms with Gasteiger partial charge in [0.25, 0.3) is 0 Å². The third-order valence-electron chi connectivity index (χ3n) is 13.5. The van der Waals surface area contributed by atoms with Crippen LogP contribution in [0.25, 0.3) is 0 Å². The van der Waals surface area contributed by atoms with Crippen molar-refractivity contribution in [2.45, 2.75) is 241 Å². The molecule has 0 heterocycles. The summed E-state index contributed by atoms with van der Waals surface area (Å²) in [6.07, 6.45) is 27.0. The van der Waals surface area contributed by atoms with Crippen molar-refractivity contribution in [2.24, 2.45) is 35.5 Å². The molecule has 2 amide bonds. The van der Waals surface area contributed by atoms with E-state index < -0.39 is 16.1 Å². The molecule has 3 N–H and O–H groups in total. The molecule has 0 aromatic rings. The van der Waals surface area contributed by atoms with Gasteiger partial charge in [0.2, 0.25) is 17.5 Å². The summed E-state index contributed by atoms with van der Waals surface area (Å²) in [6, 6.07) is 0. The maximum Gasteiger partial charge on any atom is 0.243 e. The summed E-state index contributed by atoms with van der Waals surface area (Å²) in [6.45, 7) is 19.7. The monoisotopic (exact) mass is 828 g/mol. The Balaban J connectivity index is 0.0000146. The first-order valence-electron chi connectivity index (χ1n) is 23.2. The van der Waals surface area contributed by atoms with Gasteiger partial charge in [-0.1, -0.05) is 165 Å². The number of nitrogens with one attached hydrogen (secondary N) is 1. The van der Waals surface area contributed by atoms with Crippen molar-refractivity contribution in [3.63, 3.8) is 0 Å². The van der Waals surface area contributed by atoms with E-state index in [-0.39, 0.29) is 70.8 Å². The fourth-order valence-corrected chi connectivity index (χ4v) is 10.6. The summed E-state index contributed by atoms with van der Waals surface area (Å²) >= 11 is 0. The number of rotatable bonds is 27. The minimum atomic E-state index is -1.27. The lowest BCUT2D eigenvalue weighted by molar-refractivity contribution is -1.28. The number of unbranched alkanes of at least 4 members (excludes halogenated alkanes) is 16. The van der Waals surface area contributed by atoms with Crippen LogP contribution in [0.1, 0.15) is 229 Å². The van der Waals surface area contributed by atoms with Gasteiger partial charge in [-0.2, -0.15) is 10.4 Å². The average Bonchev–Trinajstić information content (AvgIpc) is 3.09. The van der Waals surface area contributed by atoms with Crippen molar-refractivity contribution in [3.05, 3.63) is 0 Å². The highest BCUT2D eigenvalue weighted by atomic mass is 79.9. The summed E-state index contributed by atoms with van der Waals surface area (Å²) in [7, 11) is 0. The Morgan fingerprint density at radius 1 is 0.630 bits per heavy atom. The molecule has 2 saturated carbocycles. The Bertz CT molecular complexity index is 1020. The molecule has 2 aliphatic rings. The van der Waals surface area contributed by atoms with Crippen molar-refractivity contribution in [1.82, 2.24) is 10.2 Å². The molecule has 0 aromatic heterocycles. The Morgan fingerprint density at radius 2 is 1.04 bits per heavy atom. The van der Waals surface area contributed by atoms with Crippen LogP contribution >= 0.6 is 0 Å². The molecule has 0 spiro atoms. The zero-order valence-corrected chi connectivity index (χ0v) is 38.6. The van der Waals surface area contributed by atoms with Crippen LogP contribution in [-0.4, -0.2) is 49.8 Å². The molecule has 0 bridgehead atoms. The van der Waals surface area contributed by atoms with Crippen LogP contribution in [0.4, 0.5) is 0 Å². The molecular formula is C46H90BrN3O4. The van der Waals surface area contributed by atoms with E-state index in [1.807, 2.05) is 11.8 Å². The van der Waals surface area contributed by atoms with Gasteiger partial charge in [-0.15, -0.1) is 0 Å². The molecule has 6 atom stereocenters. The Hall–Kier alpha value is -0.700. The fraction of sp³-hybridized carbons (Fsp3) is 0.957. The number of nitrogens with zero attached hydrogens (tertiary/aromatic N) is 2. The molecule has 2 aliphatic carbocycles. The second-order valence-electron chi connectivity index (χ2n) is 18.8. The van der Waals surface area contributed by atoms with E-state index in [2.05, 4.69) is 60.7 Å². The van der Waals surface area contributed by atoms with Crippen LogP contribution in [0.15, 0.2) is 0 Å². The van der Waals surface area contributed by atoms with Gasteiger partial charge in [0.1, 0.15) is 12.2 Å². The molecular weight excluding hydrogens is 738 g/mol. The predicted molar refractivity (Wildman–Crippen MR) is 221 cm³/mol. The highest BCUT2D eigenvalue weighted by Gasteiger charge is 2.70. The SMILES string of the molecule is CCCCCCCCCCCC(=O)NC1(N(C(=O)CCCCCCCCCCC)C2([N+](O)(O)CC)CC(C)CCC2C(C)C)CC(C)CCC1C(C)C.[Br-]. The van der Waals surface area contributed by atoms with Crippen molar-refractivity contribution in [1.29, 1.82) is 0 Å². The third-order valence-corrected chi connectivity index (χ3v) is 13.5. The molecule has 0 aliphatic heterocycles. The van der Waals surface area contributed by atoms with Crippen LogP contribution in [0, 0.1) is 35.5 Å². The van der Waals surface area contributed by atoms with E-state index in [1.54, 1.807) is 0 Å². The van der Waals surface area contributed by atoms with Crippen LogP contribution in [0.3, 0.4) is 0 Å². The fourth-order valence-electron chi connectivity index (χ4n) is 10.6. The molecule has 0 saturated heterocycles. The van der Waals surface area contributed by atoms with Crippen molar-refractivity contribution in [2.75, 3.05) is 6.54 Å². The number of amides is 2. The largest absolute Gasteiger partial charge is 1.00 e. The van der Waals surface area contributed by atoms with Crippen molar-refractivity contribution < 1.29 is 41.8 Å². The predicted octanol–water partition coefficient (Wildman–Crippen LogP) is 9.97. The number of carbonyl (C=O) groups is 2. The van der Waals surface area contributed by atoms with Crippen LogP contribution in [0.5, 0.6) is 0 Å². The van der Waals surface area contributed by atoms with Crippen LogP contribution in [-0.2, 0) is 9.59 Å². The number of quaternary nitrogens is 1. The second kappa shape index (κ2) is 26.3. The Morgan fingerprint density at radius 3 is 1.48 bits per heavy atom. The van der Waals surface area contributed by atoms with Gasteiger partial charge in [-0.3, -0.25) is 14.5 Å². The molecule has 7 nitrogen and oxygen atoms in total. The van der Waals surface area contributed by atoms with E-state index in [0.717, 1.165) is 64.2 Å². The second-order valence-corrected chi connectivity index (χ2v) is 18.8. The lowest BCUT2D eigenvalue weighted by Gasteiger charge is -2.64. The molecule has 2 fully saturated rings. The van der Waals surface area contributed by atoms with Crippen molar-refractivity contribution in [3.8, 4) is 0 Å². The van der Waals surface area contributed by atoms with Gasteiger partial charge < -0.3 is 22.3 Å². The first-order valence-corrected chi connectivity index (χ1v) is 23.2. The number of carbonyl (C=O) groups excluding carboxylic acids is 2. The number of hydroxylamine groups is 4. The zero-order chi connectivity index (χ0) is 39.5. The first-order chi connectivity index (χ1) is 25.2. The van der Waals surface area contributed by atoms with Gasteiger partial charge >= 0.3 is 0 Å². The maximum absolute atomic E-state index is 15.4. The van der Waals surface area contributed by atoms with Crippen LogP contribution < -0.4 is 22.3 Å². The molecule has 0 radical (unpaired) electrons. The van der Waals surface area contributed by atoms with E-state index >= 15 is 4.79 Å². The molecule has 6 unspecified atom stereocenters. The Labute approximate surface area is 345 Å². The summed E-state index contributed by atoms with van der Waals surface area (Å²) in [5.41, 5.74) is -2.26. The van der Waals surface area contributed by atoms with Gasteiger partial charge in [-0.05, 0) is 73.9 Å². The highest BCUT2D eigenvalue weighted by Crippen LogP contribution is 2.55. The number of hydrogen-bond acceptors (Lipinski definition) is 4. The zero-order valence-electron chi connectivity index (χ0n) is 37.0. The standard InChI is InChI=1S/C46H89N3O4.BrH/c1-10-13-15-17-19-21-23-25-27-29-43(50)47-45(35-39(8)31-33-41(45)37(4)5)48(44(51)30-28-26-24-22-20-18-16-14-11-2)46(49(52,53)12-3)36-40(9)32-34-42(46)38(6)7;/h37-42,52-53H,10-36H2,1-9H3;1H. The van der Waals surface area contributed by atoms with Crippen molar-refractivity contribution >= 4 is 11.8 Å². The number of halogens is 1. The molecule has 0 aromatic carbocycles. The Kier molecular flexibility index (Phi) is 25.0. The minimum Gasteiger partial charge on any atom is -1.00 e. The van der Waals surface area contributed by atoms with E-state index in [4.69, 9.17) is 0 Å². The molecule has 8 heteroatoms. The minimum absolute atomic E-state index is 0. The maximum atomic E-state index is 15.4. The lowest BCUT2D eigenvalue weighted by Crippen LogP contribution is -3.00. The van der Waals surface area contributed by atoms with E-state index in [0.29, 0.717) is 25.7 Å². The highest BCUT2D eigenvalue weighted by molar-refractivity contribution is 5.81. The molecule has 320 valence electrons. The summed E-state index contributed by atoms with van der Waals surface area (Å²) in [4.78, 5) is 30.6. The third kappa shape index (κ3) is 14.6. The quantitative estimate of drug-likeness (QED) is 0.0333. The molecule has 2 rings (SSSR count). The van der Waals surface area contributed by atoms with E-state index in [9.17, 15) is 15.2 Å². The summed E-state index contributed by atoms with van der Waals surface area (Å²) in [5, 5.41) is 28.5. The van der Waals surface area contributed by atoms with Gasteiger partial charge in [0, 0.05) is 31.1 Å². The van der Waals surface area contributed by atoms with Gasteiger partial charge in [0.15, 0.2) is 0 Å². The van der Waals surface area contributed by atoms with E-state index in [1.165, 1.54) is 77.0 Å². The summed E-state index contributed by atoms with van der Waals surface area (Å²) < 4.78 is 0. The lowest BCUT2D eigenvalue weighted by atomic mass is 9.63. The average molecular weight is 829 g/mol. The number of hydrogen-bond donors (Lipinski definition) is 3.